The highest BCUT2D eigenvalue weighted by molar-refractivity contribution is 5.87. The van der Waals surface area contributed by atoms with Crippen molar-refractivity contribution in [2.75, 3.05) is 25.2 Å². The molecule has 4 N–H and O–H groups in total. The Morgan fingerprint density at radius 3 is 2.79 bits per heavy atom. The molecular weight excluding hydrogens is 354 g/mol. The van der Waals surface area contributed by atoms with Crippen molar-refractivity contribution < 1.29 is 14.3 Å². The van der Waals surface area contributed by atoms with Crippen molar-refractivity contribution >= 4 is 23.4 Å². The van der Waals surface area contributed by atoms with Crippen molar-refractivity contribution in [3.8, 4) is 11.8 Å². The molecule has 2 unspecified atom stereocenters. The molecule has 28 heavy (non-hydrogen) atoms. The van der Waals surface area contributed by atoms with Crippen molar-refractivity contribution in [1.29, 1.82) is 5.26 Å². The molecule has 2 aromatic carbocycles. The standard InChI is InChI=1S/C22H23N3O3/c1-27-21-10-14(2-6-18(21)19-11-16(19)13-23)3-7-22(26)28-9-8-15-4-5-17(24)12-20(15)25/h2-7,10,12,16,19H,8-9,11,24-25H2,1H3/b7-3+. The monoisotopic (exact) mass is 377 g/mol. The van der Waals surface area contributed by atoms with Gasteiger partial charge in [0.15, 0.2) is 0 Å². The van der Waals surface area contributed by atoms with Crippen molar-refractivity contribution in [2.24, 2.45) is 5.92 Å². The normalized spacial score (nSPS) is 17.9. The molecule has 0 bridgehead atoms. The molecule has 0 amide bonds. The van der Waals surface area contributed by atoms with Crippen LogP contribution in [0.4, 0.5) is 11.4 Å². The Labute approximate surface area is 164 Å². The number of esters is 1. The van der Waals surface area contributed by atoms with E-state index in [9.17, 15) is 4.79 Å². The summed E-state index contributed by atoms with van der Waals surface area (Å²) in [6.07, 6.45) is 4.46. The van der Waals surface area contributed by atoms with Gasteiger partial charge in [0.25, 0.3) is 0 Å². The van der Waals surface area contributed by atoms with E-state index in [0.29, 0.717) is 17.8 Å². The number of nitrogens with zero attached hydrogens (tertiary/aromatic N) is 1. The summed E-state index contributed by atoms with van der Waals surface area (Å²) < 4.78 is 10.7. The first kappa shape index (κ1) is 19.3. The second-order valence-corrected chi connectivity index (χ2v) is 6.79. The lowest BCUT2D eigenvalue weighted by Crippen LogP contribution is -2.06. The minimum atomic E-state index is -0.427. The van der Waals surface area contributed by atoms with Crippen LogP contribution in [-0.2, 0) is 16.0 Å². The Morgan fingerprint density at radius 2 is 2.11 bits per heavy atom. The Morgan fingerprint density at radius 1 is 1.29 bits per heavy atom. The minimum absolute atomic E-state index is 0.0698. The summed E-state index contributed by atoms with van der Waals surface area (Å²) in [5, 5.41) is 9.01. The molecule has 1 fully saturated rings. The third-order valence-electron chi connectivity index (χ3n) is 4.81. The van der Waals surface area contributed by atoms with Gasteiger partial charge in [-0.25, -0.2) is 4.79 Å². The van der Waals surface area contributed by atoms with E-state index in [1.54, 1.807) is 25.3 Å². The largest absolute Gasteiger partial charge is 0.496 e. The van der Waals surface area contributed by atoms with Gasteiger partial charge >= 0.3 is 5.97 Å². The number of methoxy groups -OCH3 is 1. The molecule has 0 radical (unpaired) electrons. The Hall–Kier alpha value is -3.46. The highest BCUT2D eigenvalue weighted by atomic mass is 16.5. The van der Waals surface area contributed by atoms with E-state index in [-0.39, 0.29) is 18.4 Å². The second kappa shape index (κ2) is 8.49. The van der Waals surface area contributed by atoms with Gasteiger partial charge in [0.05, 0.1) is 25.7 Å². The molecule has 1 saturated carbocycles. The van der Waals surface area contributed by atoms with E-state index in [4.69, 9.17) is 26.2 Å². The Balaban J connectivity index is 1.54. The van der Waals surface area contributed by atoms with Crippen LogP contribution in [-0.4, -0.2) is 19.7 Å². The number of ether oxygens (including phenoxy) is 2. The molecular formula is C22H23N3O3. The number of nitriles is 1. The maximum Gasteiger partial charge on any atom is 0.330 e. The number of nitrogens with two attached hydrogens (primary N) is 2. The van der Waals surface area contributed by atoms with Crippen molar-refractivity contribution in [3.05, 3.63) is 59.2 Å². The quantitative estimate of drug-likeness (QED) is 0.435. The topological polar surface area (TPSA) is 111 Å². The van der Waals surface area contributed by atoms with E-state index in [1.165, 1.54) is 6.08 Å². The lowest BCUT2D eigenvalue weighted by molar-refractivity contribution is -0.137. The molecule has 0 saturated heterocycles. The van der Waals surface area contributed by atoms with Crippen LogP contribution >= 0.6 is 0 Å². The highest BCUT2D eigenvalue weighted by Crippen LogP contribution is 2.50. The van der Waals surface area contributed by atoms with Crippen molar-refractivity contribution in [2.45, 2.75) is 18.8 Å². The third-order valence-corrected chi connectivity index (χ3v) is 4.81. The van der Waals surface area contributed by atoms with Crippen LogP contribution in [0, 0.1) is 17.2 Å². The van der Waals surface area contributed by atoms with Crippen molar-refractivity contribution in [3.63, 3.8) is 0 Å². The fraction of sp³-hybridized carbons (Fsp3) is 0.273. The molecule has 3 rings (SSSR count). The van der Waals surface area contributed by atoms with Gasteiger partial charge in [-0.05, 0) is 47.4 Å². The molecule has 1 aliphatic rings. The van der Waals surface area contributed by atoms with Crippen LogP contribution in [0.1, 0.15) is 29.0 Å². The molecule has 2 aromatic rings. The van der Waals surface area contributed by atoms with Crippen LogP contribution in [0.25, 0.3) is 6.08 Å². The number of hydrogen-bond acceptors (Lipinski definition) is 6. The average Bonchev–Trinajstić information content (AvgIpc) is 3.47. The van der Waals surface area contributed by atoms with Gasteiger partial charge in [-0.3, -0.25) is 0 Å². The molecule has 2 atom stereocenters. The minimum Gasteiger partial charge on any atom is -0.496 e. The summed E-state index contributed by atoms with van der Waals surface area (Å²) >= 11 is 0. The fourth-order valence-electron chi connectivity index (χ4n) is 3.13. The van der Waals surface area contributed by atoms with E-state index < -0.39 is 5.97 Å². The van der Waals surface area contributed by atoms with E-state index >= 15 is 0 Å². The zero-order valence-electron chi connectivity index (χ0n) is 15.7. The maximum absolute atomic E-state index is 11.9. The highest BCUT2D eigenvalue weighted by Gasteiger charge is 2.40. The maximum atomic E-state index is 11.9. The number of nitrogen functional groups attached to an aromatic ring is 2. The molecule has 0 aliphatic heterocycles. The van der Waals surface area contributed by atoms with Gasteiger partial charge in [-0.1, -0.05) is 18.2 Å². The van der Waals surface area contributed by atoms with E-state index in [2.05, 4.69) is 6.07 Å². The summed E-state index contributed by atoms with van der Waals surface area (Å²) in [4.78, 5) is 11.9. The summed E-state index contributed by atoms with van der Waals surface area (Å²) in [6, 6.07) is 13.3. The molecule has 0 aromatic heterocycles. The molecule has 144 valence electrons. The van der Waals surface area contributed by atoms with Gasteiger partial charge < -0.3 is 20.9 Å². The fourth-order valence-corrected chi connectivity index (χ4v) is 3.13. The van der Waals surface area contributed by atoms with Gasteiger partial charge in [0.1, 0.15) is 5.75 Å². The number of benzene rings is 2. The molecule has 6 nitrogen and oxygen atoms in total. The summed E-state index contributed by atoms with van der Waals surface area (Å²) in [5.41, 5.74) is 15.5. The third kappa shape index (κ3) is 4.63. The molecule has 1 aliphatic carbocycles. The van der Waals surface area contributed by atoms with Crippen LogP contribution in [0.2, 0.25) is 0 Å². The summed E-state index contributed by atoms with van der Waals surface area (Å²) in [7, 11) is 1.60. The summed E-state index contributed by atoms with van der Waals surface area (Å²) in [5.74, 6) is 0.616. The SMILES string of the molecule is COc1cc(/C=C/C(=O)OCCc2ccc(N)cc2N)ccc1C1CC1C#N. The number of carbonyl (C=O) groups is 1. The lowest BCUT2D eigenvalue weighted by atomic mass is 10.0. The zero-order valence-corrected chi connectivity index (χ0v) is 15.7. The predicted octanol–water partition coefficient (Wildman–Crippen LogP) is 3.29. The first-order chi connectivity index (χ1) is 13.5. The smallest absolute Gasteiger partial charge is 0.330 e. The van der Waals surface area contributed by atoms with Crippen LogP contribution in [0.15, 0.2) is 42.5 Å². The van der Waals surface area contributed by atoms with E-state index in [0.717, 1.165) is 28.9 Å². The Bertz CT molecular complexity index is 947. The number of anilines is 2. The first-order valence-corrected chi connectivity index (χ1v) is 9.08. The lowest BCUT2D eigenvalue weighted by Gasteiger charge is -2.08. The van der Waals surface area contributed by atoms with Gasteiger partial charge in [0.2, 0.25) is 0 Å². The molecule has 0 spiro atoms. The number of rotatable bonds is 7. The van der Waals surface area contributed by atoms with Crippen LogP contribution < -0.4 is 16.2 Å². The average molecular weight is 377 g/mol. The van der Waals surface area contributed by atoms with Gasteiger partial charge in [0, 0.05) is 29.8 Å². The second-order valence-electron chi connectivity index (χ2n) is 6.79. The predicted molar refractivity (Wildman–Crippen MR) is 108 cm³/mol. The molecule has 6 heteroatoms. The Kier molecular flexibility index (Phi) is 5.85. The zero-order chi connectivity index (χ0) is 20.1. The van der Waals surface area contributed by atoms with Gasteiger partial charge in [-0.2, -0.15) is 5.26 Å². The van der Waals surface area contributed by atoms with Crippen molar-refractivity contribution in [1.82, 2.24) is 0 Å². The number of carbonyl (C=O) groups excluding carboxylic acids is 1. The van der Waals surface area contributed by atoms with Gasteiger partial charge in [-0.15, -0.1) is 0 Å². The summed E-state index contributed by atoms with van der Waals surface area (Å²) in [6.45, 7) is 0.233. The number of hydrogen-bond donors (Lipinski definition) is 2. The first-order valence-electron chi connectivity index (χ1n) is 9.08. The van der Waals surface area contributed by atoms with Crippen LogP contribution in [0.3, 0.4) is 0 Å². The van der Waals surface area contributed by atoms with E-state index in [1.807, 2.05) is 24.3 Å². The molecule has 0 heterocycles. The van der Waals surface area contributed by atoms with Crippen LogP contribution in [0.5, 0.6) is 5.75 Å².